The summed E-state index contributed by atoms with van der Waals surface area (Å²) in [6.07, 6.45) is 0. The first-order valence-corrected chi connectivity index (χ1v) is 0. The van der Waals surface area contributed by atoms with Gasteiger partial charge in [-0.2, -0.15) is 0 Å². The summed E-state index contributed by atoms with van der Waals surface area (Å²) in [5.74, 6) is 0. The van der Waals surface area contributed by atoms with E-state index < -0.39 is 0 Å². The molecule has 0 unspecified atom stereocenters. The van der Waals surface area contributed by atoms with E-state index in [1.54, 1.807) is 0 Å². The van der Waals surface area contributed by atoms with Crippen molar-refractivity contribution in [3.8, 4) is 0 Å². The monoisotopic (exact) mass is 1240 g/mol. The van der Waals surface area contributed by atoms with Crippen LogP contribution in [0.1, 0.15) is 0 Å². The molecule has 0 aromatic rings. The topological polar surface area (TPSA) is 936 Å². The predicted molar refractivity (Wildman–Crippen MR) is 45.4 cm³/mol. The second-order valence-corrected chi connectivity index (χ2v) is 0. The Morgan fingerprint density at radius 3 is 0.119 bits per heavy atom. The van der Waals surface area contributed by atoms with Gasteiger partial charge in [-0.1, -0.05) is 0 Å². The fourth-order valence-electron chi connectivity index (χ4n) is 0. The van der Waals surface area contributed by atoms with Crippen LogP contribution in [-0.2, 0) is 275 Å². The zero-order valence-electron chi connectivity index (χ0n) is 19.7. The van der Waals surface area contributed by atoms with Gasteiger partial charge in [-0.3, -0.25) is 0 Å². The Kier molecular flexibility index (Phi) is 159000. The van der Waals surface area contributed by atoms with Crippen LogP contribution in [0.25, 0.3) is 0 Å². The van der Waals surface area contributed by atoms with E-state index >= 15 is 0 Å². The van der Waals surface area contributed by atoms with Gasteiger partial charge in [0, 0.05) is 126 Å². The summed E-state index contributed by atoms with van der Waals surface area (Å²) in [6, 6.07) is 0. The van der Waals surface area contributed by atoms with E-state index in [4.69, 9.17) is 0 Å². The summed E-state index contributed by atoms with van der Waals surface area (Å²) in [5.41, 5.74) is 0. The molecule has 0 fully saturated rings. The average Bonchev–Trinajstić information content (AvgIpc) is 0. The summed E-state index contributed by atoms with van der Waals surface area (Å²) in [4.78, 5) is 0. The molecule has 42 heavy (non-hydrogen) atoms. The van der Waals surface area contributed by atoms with Gasteiger partial charge in [0.05, 0.1) is 0 Å². The van der Waals surface area contributed by atoms with E-state index in [-0.39, 0.29) is 408 Å². The maximum atomic E-state index is 0. The van der Waals surface area contributed by atoms with Crippen LogP contribution < -0.4 is 88.7 Å². The quantitative estimate of drug-likeness (QED) is 0.204. The third-order valence-electron chi connectivity index (χ3n) is 0. The minimum absolute atomic E-state index is 0. The molecule has 0 aliphatic heterocycles. The van der Waals surface area contributed by atoms with Crippen molar-refractivity contribution in [3.63, 3.8) is 0 Å². The summed E-state index contributed by atoms with van der Waals surface area (Å²) < 4.78 is 0. The molecule has 0 aliphatic rings. The van der Waals surface area contributed by atoms with Gasteiger partial charge in [0.25, 0.3) is 0 Å². The first-order chi connectivity index (χ1) is 0. The minimum Gasteiger partial charge on any atom is -2.00 e. The summed E-state index contributed by atoms with van der Waals surface area (Å²) >= 11 is 0. The molecule has 32 nitrogen and oxygen atoms in total. The van der Waals surface area contributed by atoms with Crippen LogP contribution in [0.3, 0.4) is 0 Å². The van der Waals surface area contributed by atoms with Crippen molar-refractivity contribution in [2.75, 3.05) is 0 Å². The standard InChI is InChI=1S/Cr.6Mo.3Na.8H2O.24O/h;;;;;;;;;;8*1H2;;;;;;;;;;;;;;;;;;;;;;;;/q+3;;;;;;;3*+1;;;;;;;;;24*-2. The van der Waals surface area contributed by atoms with Crippen LogP contribution in [0.15, 0.2) is 0 Å². The molecule has 0 rings (SSSR count). The van der Waals surface area contributed by atoms with Crippen LogP contribution in [0.2, 0.25) is 0 Å². The largest absolute Gasteiger partial charge is 3.00 e. The molecule has 0 amide bonds. The van der Waals surface area contributed by atoms with E-state index in [9.17, 15) is 0 Å². The van der Waals surface area contributed by atoms with Crippen molar-refractivity contribution in [2.45, 2.75) is 0 Å². The van der Waals surface area contributed by atoms with Crippen molar-refractivity contribution in [2.24, 2.45) is 0 Å². The first-order valence-electron chi connectivity index (χ1n) is 0. The van der Waals surface area contributed by atoms with Crippen LogP contribution in [0.4, 0.5) is 0 Å². The molecular formula is H16CrMo6Na3O32-42. The Balaban J connectivity index is 0. The normalized spacial score (nSPS) is 0. The minimum atomic E-state index is 0. The van der Waals surface area contributed by atoms with Crippen LogP contribution >= 0.6 is 0 Å². The molecule has 0 atom stereocenters. The Morgan fingerprint density at radius 2 is 0.119 bits per heavy atom. The molecule has 1 radical (unpaired) electrons. The summed E-state index contributed by atoms with van der Waals surface area (Å²) in [5, 5.41) is 0. The van der Waals surface area contributed by atoms with Gasteiger partial charge in [0.15, 0.2) is 0 Å². The molecule has 0 spiro atoms. The van der Waals surface area contributed by atoms with Gasteiger partial charge >= 0.3 is 106 Å². The molecule has 0 saturated heterocycles. The van der Waals surface area contributed by atoms with Crippen LogP contribution in [0.5, 0.6) is 0 Å². The van der Waals surface area contributed by atoms with Crippen molar-refractivity contribution >= 4 is 0 Å². The van der Waals surface area contributed by atoms with Gasteiger partial charge in [0.1, 0.15) is 0 Å². The molecule has 0 aliphatic carbocycles. The van der Waals surface area contributed by atoms with Gasteiger partial charge in [0.2, 0.25) is 0 Å². The summed E-state index contributed by atoms with van der Waals surface area (Å²) in [7, 11) is 0. The molecular weight excluding hydrogens is 1210 g/mol. The van der Waals surface area contributed by atoms with Crippen molar-refractivity contribution in [1.82, 2.24) is 0 Å². The van der Waals surface area contributed by atoms with Gasteiger partial charge in [-0.25, -0.2) is 0 Å². The van der Waals surface area contributed by atoms with E-state index in [0.717, 1.165) is 0 Å². The molecule has 0 bridgehead atoms. The van der Waals surface area contributed by atoms with Crippen LogP contribution in [-0.4, -0.2) is 43.8 Å². The van der Waals surface area contributed by atoms with Gasteiger partial charge in [-0.05, 0) is 0 Å². The zero-order chi connectivity index (χ0) is 0. The number of hydrogen-bond acceptors (Lipinski definition) is 0. The van der Waals surface area contributed by atoms with E-state index in [1.165, 1.54) is 0 Å². The molecule has 16 N–H and O–H groups in total. The summed E-state index contributed by atoms with van der Waals surface area (Å²) in [6.45, 7) is 0. The smallest absolute Gasteiger partial charge is 2.00 e. The van der Waals surface area contributed by atoms with Crippen LogP contribution in [0, 0.1) is 0 Å². The second-order valence-electron chi connectivity index (χ2n) is 0. The van der Waals surface area contributed by atoms with E-state index in [0.29, 0.717) is 0 Å². The molecule has 295 valence electrons. The zero-order valence-corrected chi connectivity index (χ0v) is 39.0. The van der Waals surface area contributed by atoms with Gasteiger partial charge < -0.3 is 175 Å². The number of rotatable bonds is 0. The first kappa shape index (κ1) is 2670. The van der Waals surface area contributed by atoms with Gasteiger partial charge in [-0.15, -0.1) is 0 Å². The Hall–Kier alpha value is 6.38. The molecule has 0 saturated carbocycles. The maximum Gasteiger partial charge on any atom is 3.00 e. The van der Waals surface area contributed by atoms with Crippen molar-refractivity contribution in [1.29, 1.82) is 0 Å². The molecule has 0 heterocycles. The third-order valence-corrected chi connectivity index (χ3v) is 0. The fraction of sp³-hybridized carbons (Fsp3) is 0. The van der Waals surface area contributed by atoms with Crippen molar-refractivity contribution in [3.05, 3.63) is 0 Å². The SMILES string of the molecule is O.O.O.O.O.O.O.O.[Cr+3].[Mo].[Mo].[Mo].[Mo].[Mo].[Mo].[Na+].[Na+].[Na+].[O-2].[O-2].[O-2].[O-2].[O-2].[O-2].[O-2].[O-2].[O-2].[O-2].[O-2].[O-2].[O-2].[O-2].[O-2].[O-2].[O-2].[O-2].[O-2].[O-2].[O-2].[O-2].[O-2].[O-2]. The molecule has 0 aromatic heterocycles. The Labute approximate surface area is 401 Å². The van der Waals surface area contributed by atoms with E-state index in [2.05, 4.69) is 0 Å². The average molecular weight is 1220 g/mol. The Morgan fingerprint density at radius 1 is 0.119 bits per heavy atom. The van der Waals surface area contributed by atoms with E-state index in [1.807, 2.05) is 0 Å². The second kappa shape index (κ2) is 2500. The molecule has 0 aromatic carbocycles. The molecule has 42 heteroatoms. The van der Waals surface area contributed by atoms with Crippen molar-refractivity contribution < 1.29 is 408 Å². The fourth-order valence-corrected chi connectivity index (χ4v) is 0. The Bertz CT molecular complexity index is 46.2. The number of hydrogen-bond donors (Lipinski definition) is 0. The predicted octanol–water partition coefficient (Wildman–Crippen LogP) is -18.5. The third kappa shape index (κ3) is 2350. The maximum absolute atomic E-state index is 0.